The molecule has 2 amide bonds. The second kappa shape index (κ2) is 12.3. The third-order valence-electron chi connectivity index (χ3n) is 7.28. The van der Waals surface area contributed by atoms with Crippen LogP contribution in [0.1, 0.15) is 66.7 Å². The maximum atomic E-state index is 13.8. The highest BCUT2D eigenvalue weighted by molar-refractivity contribution is 5.96. The van der Waals surface area contributed by atoms with Crippen LogP contribution in [-0.4, -0.2) is 46.2 Å². The lowest BCUT2D eigenvalue weighted by molar-refractivity contribution is -0.132. The van der Waals surface area contributed by atoms with E-state index in [2.05, 4.69) is 69.1 Å². The van der Waals surface area contributed by atoms with Gasteiger partial charge in [0.05, 0.1) is 0 Å². The Bertz CT molecular complexity index is 1400. The molecule has 1 N–H and O–H groups in total. The summed E-state index contributed by atoms with van der Waals surface area (Å²) in [5, 5.41) is 1.18. The minimum Gasteiger partial charge on any atom is -0.361 e. The number of benzene rings is 3. The van der Waals surface area contributed by atoms with Gasteiger partial charge in [-0.2, -0.15) is 0 Å². The molecule has 0 bridgehead atoms. The summed E-state index contributed by atoms with van der Waals surface area (Å²) in [6.07, 6.45) is 3.55. The molecule has 1 aromatic heterocycles. The average Bonchev–Trinajstić information content (AvgIpc) is 3.34. The second-order valence-electron chi connectivity index (χ2n) is 11.5. The van der Waals surface area contributed by atoms with Crippen molar-refractivity contribution in [1.29, 1.82) is 0 Å². The maximum Gasteiger partial charge on any atom is 0.254 e. The Morgan fingerprint density at radius 1 is 0.846 bits per heavy atom. The SMILES string of the molecule is CCCN(CC(=O)N(CCc1c[nH]c2ccccc12)Cc1ccc(C)cc1)C(=O)c1ccc(C(C)(C)C)cc1. The van der Waals surface area contributed by atoms with Crippen LogP contribution in [0.3, 0.4) is 0 Å². The molecule has 0 saturated heterocycles. The predicted molar refractivity (Wildman–Crippen MR) is 160 cm³/mol. The van der Waals surface area contributed by atoms with Crippen LogP contribution in [0.5, 0.6) is 0 Å². The van der Waals surface area contributed by atoms with Crippen LogP contribution in [0.25, 0.3) is 10.9 Å². The summed E-state index contributed by atoms with van der Waals surface area (Å²) in [5.74, 6) is -0.138. The molecule has 0 saturated carbocycles. The van der Waals surface area contributed by atoms with Crippen LogP contribution < -0.4 is 0 Å². The number of para-hydroxylation sites is 1. The van der Waals surface area contributed by atoms with Gasteiger partial charge in [-0.05, 0) is 60.1 Å². The second-order valence-corrected chi connectivity index (χ2v) is 11.5. The van der Waals surface area contributed by atoms with Crippen LogP contribution in [-0.2, 0) is 23.2 Å². The molecule has 4 rings (SSSR count). The molecule has 204 valence electrons. The Hall–Kier alpha value is -3.86. The number of aromatic nitrogens is 1. The highest BCUT2D eigenvalue weighted by atomic mass is 16.2. The van der Waals surface area contributed by atoms with Gasteiger partial charge in [-0.15, -0.1) is 0 Å². The molecule has 39 heavy (non-hydrogen) atoms. The number of aryl methyl sites for hydroxylation is 1. The molecule has 5 nitrogen and oxygen atoms in total. The van der Waals surface area contributed by atoms with Gasteiger partial charge in [0.1, 0.15) is 6.54 Å². The van der Waals surface area contributed by atoms with Crippen molar-refractivity contribution in [2.75, 3.05) is 19.6 Å². The van der Waals surface area contributed by atoms with Gasteiger partial charge >= 0.3 is 0 Å². The van der Waals surface area contributed by atoms with E-state index in [9.17, 15) is 9.59 Å². The van der Waals surface area contributed by atoms with Crippen LogP contribution in [0, 0.1) is 6.92 Å². The van der Waals surface area contributed by atoms with Crippen LogP contribution >= 0.6 is 0 Å². The van der Waals surface area contributed by atoms with Crippen molar-refractivity contribution in [2.45, 2.75) is 59.4 Å². The van der Waals surface area contributed by atoms with Gasteiger partial charge in [0.15, 0.2) is 0 Å². The summed E-state index contributed by atoms with van der Waals surface area (Å²) >= 11 is 0. The van der Waals surface area contributed by atoms with Crippen LogP contribution in [0.4, 0.5) is 0 Å². The van der Waals surface area contributed by atoms with Crippen molar-refractivity contribution in [2.24, 2.45) is 0 Å². The molecule has 0 aliphatic carbocycles. The third kappa shape index (κ3) is 7.17. The monoisotopic (exact) mass is 523 g/mol. The molecule has 0 aliphatic rings. The smallest absolute Gasteiger partial charge is 0.254 e. The summed E-state index contributed by atoms with van der Waals surface area (Å²) < 4.78 is 0. The summed E-state index contributed by atoms with van der Waals surface area (Å²) in [6.45, 7) is 12.2. The molecular formula is C34H41N3O2. The first-order valence-electron chi connectivity index (χ1n) is 13.9. The van der Waals surface area contributed by atoms with Gasteiger partial charge in [-0.1, -0.05) is 87.9 Å². The van der Waals surface area contributed by atoms with Crippen molar-refractivity contribution in [3.63, 3.8) is 0 Å². The van der Waals surface area contributed by atoms with E-state index in [0.29, 0.717) is 25.2 Å². The van der Waals surface area contributed by atoms with E-state index in [1.165, 1.54) is 22.1 Å². The number of rotatable bonds is 10. The summed E-state index contributed by atoms with van der Waals surface area (Å²) in [6, 6.07) is 24.3. The van der Waals surface area contributed by atoms with E-state index < -0.39 is 0 Å². The third-order valence-corrected chi connectivity index (χ3v) is 7.28. The molecule has 0 aliphatic heterocycles. The maximum absolute atomic E-state index is 13.8. The number of carbonyl (C=O) groups is 2. The first kappa shape index (κ1) is 28.2. The van der Waals surface area contributed by atoms with Crippen LogP contribution in [0.15, 0.2) is 79.0 Å². The summed E-state index contributed by atoms with van der Waals surface area (Å²) in [4.78, 5) is 34.2. The topological polar surface area (TPSA) is 56.4 Å². The zero-order chi connectivity index (χ0) is 28.0. The van der Waals surface area contributed by atoms with Gasteiger partial charge in [-0.25, -0.2) is 0 Å². The summed E-state index contributed by atoms with van der Waals surface area (Å²) in [5.41, 5.74) is 6.37. The Morgan fingerprint density at radius 3 is 2.21 bits per heavy atom. The minimum absolute atomic E-state index is 0.0158. The molecule has 1 heterocycles. The van der Waals surface area contributed by atoms with Crippen molar-refractivity contribution < 1.29 is 9.59 Å². The summed E-state index contributed by atoms with van der Waals surface area (Å²) in [7, 11) is 0. The highest BCUT2D eigenvalue weighted by Crippen LogP contribution is 2.23. The lowest BCUT2D eigenvalue weighted by Gasteiger charge is -2.28. The Kier molecular flexibility index (Phi) is 8.90. The van der Waals surface area contributed by atoms with Gasteiger partial charge in [-0.3, -0.25) is 9.59 Å². The number of hydrogen-bond acceptors (Lipinski definition) is 2. The Balaban J connectivity index is 1.52. The fraction of sp³-hybridized carbons (Fsp3) is 0.353. The molecule has 0 unspecified atom stereocenters. The van der Waals surface area contributed by atoms with E-state index in [-0.39, 0.29) is 23.8 Å². The van der Waals surface area contributed by atoms with Gasteiger partial charge in [0, 0.05) is 42.3 Å². The number of hydrogen-bond donors (Lipinski definition) is 1. The zero-order valence-electron chi connectivity index (χ0n) is 24.0. The van der Waals surface area contributed by atoms with Gasteiger partial charge in [0.25, 0.3) is 5.91 Å². The number of fused-ring (bicyclic) bond motifs is 1. The molecule has 0 atom stereocenters. The lowest BCUT2D eigenvalue weighted by atomic mass is 9.86. The average molecular weight is 524 g/mol. The fourth-order valence-electron chi connectivity index (χ4n) is 4.88. The molecule has 0 fully saturated rings. The van der Waals surface area contributed by atoms with E-state index in [1.807, 2.05) is 54.4 Å². The number of nitrogens with zero attached hydrogens (tertiary/aromatic N) is 2. The number of carbonyl (C=O) groups excluding carboxylic acids is 2. The largest absolute Gasteiger partial charge is 0.361 e. The van der Waals surface area contributed by atoms with Crippen molar-refractivity contribution in [3.05, 3.63) is 107 Å². The highest BCUT2D eigenvalue weighted by Gasteiger charge is 2.23. The molecule has 0 spiro atoms. The van der Waals surface area contributed by atoms with Gasteiger partial charge in [0.2, 0.25) is 5.91 Å². The molecule has 3 aromatic carbocycles. The first-order valence-corrected chi connectivity index (χ1v) is 13.9. The number of amides is 2. The molecule has 5 heteroatoms. The lowest BCUT2D eigenvalue weighted by Crippen LogP contribution is -2.43. The number of nitrogens with one attached hydrogen (secondary N) is 1. The van der Waals surface area contributed by atoms with E-state index in [4.69, 9.17) is 0 Å². The molecule has 0 radical (unpaired) electrons. The normalized spacial score (nSPS) is 11.5. The fourth-order valence-corrected chi connectivity index (χ4v) is 4.88. The number of aromatic amines is 1. The minimum atomic E-state index is -0.0995. The molecular weight excluding hydrogens is 482 g/mol. The molecule has 4 aromatic rings. The predicted octanol–water partition coefficient (Wildman–Crippen LogP) is 6.90. The quantitative estimate of drug-likeness (QED) is 0.246. The zero-order valence-corrected chi connectivity index (χ0v) is 24.0. The van der Waals surface area contributed by atoms with Crippen molar-refractivity contribution in [3.8, 4) is 0 Å². The van der Waals surface area contributed by atoms with Crippen molar-refractivity contribution in [1.82, 2.24) is 14.8 Å². The Morgan fingerprint density at radius 2 is 1.54 bits per heavy atom. The Labute approximate surface area is 232 Å². The van der Waals surface area contributed by atoms with Gasteiger partial charge < -0.3 is 14.8 Å². The number of H-pyrrole nitrogens is 1. The van der Waals surface area contributed by atoms with Crippen LogP contribution in [0.2, 0.25) is 0 Å². The van der Waals surface area contributed by atoms with Crippen molar-refractivity contribution >= 4 is 22.7 Å². The standard InChI is InChI=1S/C34H41N3O2/c1-6-20-37(33(39)27-15-17-29(18-16-27)34(3,4)5)24-32(38)36(23-26-13-11-25(2)12-14-26)21-19-28-22-35-31-10-8-7-9-30(28)31/h7-18,22,35H,6,19-21,23-24H2,1-5H3. The first-order chi connectivity index (χ1) is 18.7. The van der Waals surface area contributed by atoms with E-state index in [0.717, 1.165) is 23.9 Å². The van der Waals surface area contributed by atoms with E-state index in [1.54, 1.807) is 4.90 Å². The van der Waals surface area contributed by atoms with E-state index >= 15 is 0 Å².